The van der Waals surface area contributed by atoms with Crippen molar-refractivity contribution in [3.63, 3.8) is 0 Å². The Morgan fingerprint density at radius 2 is 1.79 bits per heavy atom. The Balaban J connectivity index is 1.35. The van der Waals surface area contributed by atoms with E-state index in [4.69, 9.17) is 21.3 Å². The lowest BCUT2D eigenvalue weighted by Gasteiger charge is -2.34. The molecule has 0 atom stereocenters. The zero-order chi connectivity index (χ0) is 22.9. The first kappa shape index (κ1) is 22.1. The highest BCUT2D eigenvalue weighted by atomic mass is 35.5. The van der Waals surface area contributed by atoms with Crippen molar-refractivity contribution >= 4 is 23.2 Å². The van der Waals surface area contributed by atoms with Crippen LogP contribution >= 0.6 is 11.6 Å². The van der Waals surface area contributed by atoms with Crippen molar-refractivity contribution in [1.82, 2.24) is 15.0 Å². The van der Waals surface area contributed by atoms with Gasteiger partial charge in [0.15, 0.2) is 0 Å². The minimum Gasteiger partial charge on any atom is -0.381 e. The van der Waals surface area contributed by atoms with Crippen LogP contribution < -0.4 is 9.80 Å². The maximum Gasteiger partial charge on any atom is 0.129 e. The van der Waals surface area contributed by atoms with Crippen molar-refractivity contribution in [2.45, 2.75) is 45.8 Å². The number of hydrogen-bond donors (Lipinski definition) is 0. The zero-order valence-electron chi connectivity index (χ0n) is 19.5. The van der Waals surface area contributed by atoms with Gasteiger partial charge in [-0.05, 0) is 55.5 Å². The van der Waals surface area contributed by atoms with Gasteiger partial charge in [0.25, 0.3) is 0 Å². The molecule has 0 spiro atoms. The van der Waals surface area contributed by atoms with Gasteiger partial charge < -0.3 is 14.5 Å². The molecule has 2 aliphatic rings. The number of anilines is 2. The number of aryl methyl sites for hydroxylation is 2. The summed E-state index contributed by atoms with van der Waals surface area (Å²) in [6.07, 6.45) is 7.03. The molecule has 0 radical (unpaired) electrons. The molecule has 3 aromatic heterocycles. The van der Waals surface area contributed by atoms with E-state index in [9.17, 15) is 0 Å². The monoisotopic (exact) mass is 463 g/mol. The van der Waals surface area contributed by atoms with Crippen molar-refractivity contribution in [2.24, 2.45) is 0 Å². The third-order valence-electron chi connectivity index (χ3n) is 6.77. The Kier molecular flexibility index (Phi) is 6.21. The zero-order valence-corrected chi connectivity index (χ0v) is 20.3. The van der Waals surface area contributed by atoms with Gasteiger partial charge in [-0.25, -0.2) is 9.97 Å². The first-order valence-corrected chi connectivity index (χ1v) is 12.0. The second kappa shape index (κ2) is 9.27. The molecule has 1 fully saturated rings. The predicted octanol–water partition coefficient (Wildman–Crippen LogP) is 4.99. The van der Waals surface area contributed by atoms with Gasteiger partial charge in [-0.1, -0.05) is 23.7 Å². The van der Waals surface area contributed by atoms with Crippen molar-refractivity contribution in [3.05, 3.63) is 64.1 Å². The van der Waals surface area contributed by atoms with Crippen LogP contribution in [-0.2, 0) is 17.7 Å². The first-order valence-electron chi connectivity index (χ1n) is 11.6. The predicted molar refractivity (Wildman–Crippen MR) is 133 cm³/mol. The number of rotatable bonds is 4. The molecular formula is C26H30ClN5O. The molecule has 0 aromatic carbocycles. The average molecular weight is 464 g/mol. The van der Waals surface area contributed by atoms with Crippen LogP contribution in [0.4, 0.5) is 11.6 Å². The number of fused-ring (bicyclic) bond motifs is 1. The fourth-order valence-electron chi connectivity index (χ4n) is 4.88. The minimum absolute atomic E-state index is 0.378. The maximum atomic E-state index is 6.53. The highest BCUT2D eigenvalue weighted by Crippen LogP contribution is 2.33. The molecule has 0 bridgehead atoms. The fourth-order valence-corrected chi connectivity index (χ4v) is 5.07. The lowest BCUT2D eigenvalue weighted by molar-refractivity contribution is 0.0818. The molecule has 33 heavy (non-hydrogen) atoms. The topological polar surface area (TPSA) is 54.4 Å². The molecule has 172 valence electrons. The van der Waals surface area contributed by atoms with E-state index in [2.05, 4.69) is 57.9 Å². The minimum atomic E-state index is 0.378. The van der Waals surface area contributed by atoms with E-state index in [1.165, 1.54) is 11.3 Å². The molecule has 3 aromatic rings. The molecule has 0 unspecified atom stereocenters. The molecule has 0 N–H and O–H groups in total. The quantitative estimate of drug-likeness (QED) is 0.543. The van der Waals surface area contributed by atoms with E-state index in [1.54, 1.807) is 13.3 Å². The molecular weight excluding hydrogens is 434 g/mol. The summed E-state index contributed by atoms with van der Waals surface area (Å²) < 4.78 is 5.50. The van der Waals surface area contributed by atoms with Gasteiger partial charge in [0.2, 0.25) is 0 Å². The SMILES string of the molecule is COC1CCN(c2ccc3c(n2)CCN(c2cc(-c4ncc(C)cc4C)c(Cl)cn2)C3)CC1. The molecule has 0 amide bonds. The average Bonchev–Trinajstić information content (AvgIpc) is 2.84. The van der Waals surface area contributed by atoms with Crippen LogP contribution in [0.25, 0.3) is 11.3 Å². The third-order valence-corrected chi connectivity index (χ3v) is 7.07. The van der Waals surface area contributed by atoms with Gasteiger partial charge >= 0.3 is 0 Å². The number of hydrogen-bond acceptors (Lipinski definition) is 6. The van der Waals surface area contributed by atoms with Crippen LogP contribution in [0.15, 0.2) is 36.7 Å². The van der Waals surface area contributed by atoms with Gasteiger partial charge in [-0.2, -0.15) is 0 Å². The first-order chi connectivity index (χ1) is 16.0. The van der Waals surface area contributed by atoms with E-state index in [0.29, 0.717) is 11.1 Å². The van der Waals surface area contributed by atoms with Crippen LogP contribution in [0.1, 0.15) is 35.2 Å². The summed E-state index contributed by atoms with van der Waals surface area (Å²) in [6, 6.07) is 8.60. The van der Waals surface area contributed by atoms with E-state index >= 15 is 0 Å². The van der Waals surface area contributed by atoms with E-state index in [-0.39, 0.29) is 0 Å². The third kappa shape index (κ3) is 4.55. The van der Waals surface area contributed by atoms with Crippen molar-refractivity contribution < 1.29 is 4.74 Å². The van der Waals surface area contributed by atoms with Crippen LogP contribution in [0.3, 0.4) is 0 Å². The van der Waals surface area contributed by atoms with Crippen molar-refractivity contribution in [3.8, 4) is 11.3 Å². The lowest BCUT2D eigenvalue weighted by Crippen LogP contribution is -2.37. The maximum absolute atomic E-state index is 6.53. The van der Waals surface area contributed by atoms with E-state index in [0.717, 1.165) is 79.5 Å². The number of pyridine rings is 3. The highest BCUT2D eigenvalue weighted by molar-refractivity contribution is 6.33. The lowest BCUT2D eigenvalue weighted by atomic mass is 10.0. The second-order valence-corrected chi connectivity index (χ2v) is 9.48. The second-order valence-electron chi connectivity index (χ2n) is 9.07. The highest BCUT2D eigenvalue weighted by Gasteiger charge is 2.24. The molecule has 6 nitrogen and oxygen atoms in total. The number of halogens is 1. The molecule has 5 heterocycles. The largest absolute Gasteiger partial charge is 0.381 e. The summed E-state index contributed by atoms with van der Waals surface area (Å²) in [5, 5.41) is 0.624. The summed E-state index contributed by atoms with van der Waals surface area (Å²) in [5.74, 6) is 2.01. The number of piperidine rings is 1. The van der Waals surface area contributed by atoms with Crippen LogP contribution in [0.5, 0.6) is 0 Å². The molecule has 0 saturated carbocycles. The Labute approximate surface area is 200 Å². The molecule has 0 aliphatic carbocycles. The normalized spacial score (nSPS) is 16.7. The Hall–Kier alpha value is -2.70. The molecule has 2 aliphatic heterocycles. The van der Waals surface area contributed by atoms with Crippen molar-refractivity contribution in [1.29, 1.82) is 0 Å². The summed E-state index contributed by atoms with van der Waals surface area (Å²) in [5.41, 5.74) is 6.56. The molecule has 5 rings (SSSR count). The van der Waals surface area contributed by atoms with Gasteiger partial charge in [0.05, 0.1) is 16.8 Å². The van der Waals surface area contributed by atoms with Gasteiger partial charge in [0.1, 0.15) is 11.6 Å². The Morgan fingerprint density at radius 1 is 0.970 bits per heavy atom. The van der Waals surface area contributed by atoms with Crippen molar-refractivity contribution in [2.75, 3.05) is 36.5 Å². The molecule has 7 heteroatoms. The summed E-state index contributed by atoms with van der Waals surface area (Å²) in [6.45, 7) is 7.80. The Morgan fingerprint density at radius 3 is 2.55 bits per heavy atom. The number of nitrogens with zero attached hydrogens (tertiary/aromatic N) is 5. The van der Waals surface area contributed by atoms with Gasteiger partial charge in [-0.15, -0.1) is 0 Å². The summed E-state index contributed by atoms with van der Waals surface area (Å²) in [7, 11) is 1.81. The summed E-state index contributed by atoms with van der Waals surface area (Å²) in [4.78, 5) is 19.0. The van der Waals surface area contributed by atoms with Crippen LogP contribution in [0, 0.1) is 13.8 Å². The van der Waals surface area contributed by atoms with Crippen LogP contribution in [0.2, 0.25) is 5.02 Å². The summed E-state index contributed by atoms with van der Waals surface area (Å²) >= 11 is 6.53. The van der Waals surface area contributed by atoms with E-state index < -0.39 is 0 Å². The number of aromatic nitrogens is 3. The number of methoxy groups -OCH3 is 1. The molecule has 1 saturated heterocycles. The van der Waals surface area contributed by atoms with E-state index in [1.807, 2.05) is 6.20 Å². The Bertz CT molecular complexity index is 1160. The standard InChI is InChI=1S/C26H30ClN5O/c1-17-12-18(2)26(29-14-17)21-13-25(28-15-22(21)27)32-11-8-23-19(16-32)4-5-24(30-23)31-9-6-20(33-3)7-10-31/h4-5,12-15,20H,6-11,16H2,1-3H3. The van der Waals surface area contributed by atoms with Crippen LogP contribution in [-0.4, -0.2) is 47.8 Å². The smallest absolute Gasteiger partial charge is 0.129 e. The van der Waals surface area contributed by atoms with Gasteiger partial charge in [0, 0.05) is 63.4 Å². The number of ether oxygens (including phenoxy) is 1. The fraction of sp³-hybridized carbons (Fsp3) is 0.423. The van der Waals surface area contributed by atoms with Gasteiger partial charge in [-0.3, -0.25) is 4.98 Å².